The molecule has 0 saturated heterocycles. The molecule has 1 heterocycles. The van der Waals surface area contributed by atoms with Gasteiger partial charge in [-0.3, -0.25) is 4.98 Å². The van der Waals surface area contributed by atoms with Gasteiger partial charge in [0.1, 0.15) is 0 Å². The molecule has 0 fully saturated rings. The second-order valence-corrected chi connectivity index (χ2v) is 5.05. The molecule has 0 spiro atoms. The molecular formula is C14H10Cl3N. The van der Waals surface area contributed by atoms with Gasteiger partial charge in [-0.05, 0) is 42.8 Å². The molecule has 2 aromatic rings. The summed E-state index contributed by atoms with van der Waals surface area (Å²) < 4.78 is 0. The number of pyridine rings is 1. The highest BCUT2D eigenvalue weighted by Gasteiger charge is 2.04. The summed E-state index contributed by atoms with van der Waals surface area (Å²) in [6, 6.07) is 9.20. The molecule has 0 aliphatic carbocycles. The normalized spacial score (nSPS) is 11.1. The van der Waals surface area contributed by atoms with Gasteiger partial charge in [0.2, 0.25) is 0 Å². The fraction of sp³-hybridized carbons (Fsp3) is 0.0714. The number of halogens is 3. The predicted octanol–water partition coefficient (Wildman–Crippen LogP) is 5.52. The summed E-state index contributed by atoms with van der Waals surface area (Å²) in [6.07, 6.45) is 3.72. The van der Waals surface area contributed by atoms with Crippen LogP contribution in [0, 0.1) is 6.92 Å². The Bertz CT molecular complexity index is 606. The maximum absolute atomic E-state index is 6.10. The van der Waals surface area contributed by atoms with Gasteiger partial charge in [-0.15, -0.1) is 0 Å². The van der Waals surface area contributed by atoms with Crippen LogP contribution >= 0.6 is 34.8 Å². The number of nitrogens with zero attached hydrogens (tertiary/aromatic N) is 1. The Morgan fingerprint density at radius 2 is 1.83 bits per heavy atom. The van der Waals surface area contributed by atoms with Gasteiger partial charge in [-0.1, -0.05) is 46.9 Å². The van der Waals surface area contributed by atoms with Gasteiger partial charge in [0.05, 0.1) is 15.7 Å². The zero-order chi connectivity index (χ0) is 13.1. The molecule has 4 heteroatoms. The summed E-state index contributed by atoms with van der Waals surface area (Å²) in [5.74, 6) is 0. The predicted molar refractivity (Wildman–Crippen MR) is 79.4 cm³/mol. The molecule has 0 radical (unpaired) electrons. The lowest BCUT2D eigenvalue weighted by Gasteiger charge is -2.02. The lowest BCUT2D eigenvalue weighted by atomic mass is 10.2. The van der Waals surface area contributed by atoms with E-state index in [9.17, 15) is 0 Å². The van der Waals surface area contributed by atoms with Crippen molar-refractivity contribution in [2.24, 2.45) is 0 Å². The van der Waals surface area contributed by atoms with Crippen molar-refractivity contribution < 1.29 is 0 Å². The smallest absolute Gasteiger partial charge is 0.0665 e. The Hall–Kier alpha value is -1.02. The topological polar surface area (TPSA) is 12.9 Å². The van der Waals surface area contributed by atoms with Crippen molar-refractivity contribution in [3.63, 3.8) is 0 Å². The summed E-state index contributed by atoms with van der Waals surface area (Å²) in [6.45, 7) is 1.95. The van der Waals surface area contributed by atoms with Gasteiger partial charge in [0.15, 0.2) is 0 Å². The lowest BCUT2D eigenvalue weighted by molar-refractivity contribution is 1.18. The van der Waals surface area contributed by atoms with Crippen molar-refractivity contribution in [1.29, 1.82) is 0 Å². The van der Waals surface area contributed by atoms with Crippen LogP contribution in [0.4, 0.5) is 0 Å². The van der Waals surface area contributed by atoms with Gasteiger partial charge in [-0.2, -0.15) is 0 Å². The minimum atomic E-state index is 0.445. The van der Waals surface area contributed by atoms with Crippen molar-refractivity contribution in [3.05, 3.63) is 62.4 Å². The number of aromatic nitrogens is 1. The van der Waals surface area contributed by atoms with Crippen LogP contribution in [0.15, 0.2) is 30.3 Å². The molecule has 0 atom stereocenters. The first kappa shape index (κ1) is 13.4. The van der Waals surface area contributed by atoms with Crippen molar-refractivity contribution in [3.8, 4) is 0 Å². The van der Waals surface area contributed by atoms with E-state index in [4.69, 9.17) is 34.8 Å². The first-order valence-corrected chi connectivity index (χ1v) is 6.46. The first-order valence-electron chi connectivity index (χ1n) is 5.32. The van der Waals surface area contributed by atoms with E-state index in [1.165, 1.54) is 0 Å². The fourth-order valence-corrected chi connectivity index (χ4v) is 2.21. The van der Waals surface area contributed by atoms with Gasteiger partial charge < -0.3 is 0 Å². The zero-order valence-corrected chi connectivity index (χ0v) is 11.9. The third-order valence-corrected chi connectivity index (χ3v) is 3.40. The molecule has 2 rings (SSSR count). The molecule has 0 aliphatic heterocycles. The molecule has 18 heavy (non-hydrogen) atoms. The molecule has 0 unspecified atom stereocenters. The Kier molecular flexibility index (Phi) is 4.28. The summed E-state index contributed by atoms with van der Waals surface area (Å²) in [5.41, 5.74) is 2.60. The number of rotatable bonds is 2. The number of hydrogen-bond donors (Lipinski definition) is 0. The van der Waals surface area contributed by atoms with Crippen LogP contribution in [0.5, 0.6) is 0 Å². The number of aryl methyl sites for hydroxylation is 1. The highest BCUT2D eigenvalue weighted by atomic mass is 35.5. The summed E-state index contributed by atoms with van der Waals surface area (Å²) in [4.78, 5) is 4.37. The maximum Gasteiger partial charge on any atom is 0.0665 e. The van der Waals surface area contributed by atoms with Crippen LogP contribution < -0.4 is 0 Å². The Morgan fingerprint density at radius 1 is 1.06 bits per heavy atom. The van der Waals surface area contributed by atoms with E-state index in [0.29, 0.717) is 15.1 Å². The quantitative estimate of drug-likeness (QED) is 0.665. The molecule has 1 aromatic carbocycles. The van der Waals surface area contributed by atoms with E-state index in [1.54, 1.807) is 12.1 Å². The van der Waals surface area contributed by atoms with Crippen molar-refractivity contribution in [2.75, 3.05) is 0 Å². The number of hydrogen-bond acceptors (Lipinski definition) is 1. The van der Waals surface area contributed by atoms with E-state index in [1.807, 2.05) is 37.3 Å². The average molecular weight is 299 g/mol. The van der Waals surface area contributed by atoms with Crippen LogP contribution in [-0.2, 0) is 0 Å². The molecule has 0 amide bonds. The number of benzene rings is 1. The van der Waals surface area contributed by atoms with Crippen LogP contribution in [-0.4, -0.2) is 4.98 Å². The standard InChI is InChI=1S/C14H10Cl3N/c1-9-3-2-4-12(18-9)6-5-10-7-11(15)8-13(16)14(10)17/h2-8H,1H3. The molecule has 1 aromatic heterocycles. The SMILES string of the molecule is Cc1cccc(C=Cc2cc(Cl)cc(Cl)c2Cl)n1. The third kappa shape index (κ3) is 3.26. The molecule has 92 valence electrons. The molecular weight excluding hydrogens is 289 g/mol. The monoisotopic (exact) mass is 297 g/mol. The largest absolute Gasteiger partial charge is 0.254 e. The zero-order valence-electron chi connectivity index (χ0n) is 9.62. The second-order valence-electron chi connectivity index (χ2n) is 3.83. The minimum Gasteiger partial charge on any atom is -0.254 e. The van der Waals surface area contributed by atoms with Gasteiger partial charge >= 0.3 is 0 Å². The molecule has 0 aliphatic rings. The summed E-state index contributed by atoms with van der Waals surface area (Å²) >= 11 is 18.0. The van der Waals surface area contributed by atoms with Crippen molar-refractivity contribution in [2.45, 2.75) is 6.92 Å². The van der Waals surface area contributed by atoms with E-state index >= 15 is 0 Å². The van der Waals surface area contributed by atoms with Crippen molar-refractivity contribution >= 4 is 47.0 Å². The van der Waals surface area contributed by atoms with Crippen LogP contribution in [0.1, 0.15) is 17.0 Å². The van der Waals surface area contributed by atoms with E-state index in [0.717, 1.165) is 17.0 Å². The second kappa shape index (κ2) is 5.75. The Morgan fingerprint density at radius 3 is 2.56 bits per heavy atom. The molecule has 0 N–H and O–H groups in total. The van der Waals surface area contributed by atoms with Gasteiger partial charge in [0.25, 0.3) is 0 Å². The molecule has 1 nitrogen and oxygen atoms in total. The average Bonchev–Trinajstić information content (AvgIpc) is 2.32. The van der Waals surface area contributed by atoms with Crippen molar-refractivity contribution in [1.82, 2.24) is 4.98 Å². The minimum absolute atomic E-state index is 0.445. The summed E-state index contributed by atoms with van der Waals surface area (Å²) in [5, 5.41) is 1.49. The first-order chi connectivity index (χ1) is 8.56. The summed E-state index contributed by atoms with van der Waals surface area (Å²) in [7, 11) is 0. The molecule has 0 bridgehead atoms. The van der Waals surface area contributed by atoms with Gasteiger partial charge in [-0.25, -0.2) is 0 Å². The lowest BCUT2D eigenvalue weighted by Crippen LogP contribution is -1.84. The van der Waals surface area contributed by atoms with Crippen LogP contribution in [0.25, 0.3) is 12.2 Å². The van der Waals surface area contributed by atoms with E-state index in [-0.39, 0.29) is 0 Å². The molecule has 0 saturated carbocycles. The van der Waals surface area contributed by atoms with Crippen LogP contribution in [0.3, 0.4) is 0 Å². The Balaban J connectivity index is 2.34. The third-order valence-electron chi connectivity index (χ3n) is 2.36. The van der Waals surface area contributed by atoms with Crippen LogP contribution in [0.2, 0.25) is 15.1 Å². The fourth-order valence-electron chi connectivity index (χ4n) is 1.53. The highest BCUT2D eigenvalue weighted by molar-refractivity contribution is 6.44. The maximum atomic E-state index is 6.10. The highest BCUT2D eigenvalue weighted by Crippen LogP contribution is 2.30. The van der Waals surface area contributed by atoms with E-state index < -0.39 is 0 Å². The van der Waals surface area contributed by atoms with E-state index in [2.05, 4.69) is 4.98 Å². The Labute approximate surface area is 121 Å². The van der Waals surface area contributed by atoms with Gasteiger partial charge in [0, 0.05) is 10.7 Å².